The van der Waals surface area contributed by atoms with Gasteiger partial charge < -0.3 is 10.2 Å². The number of aliphatic carboxylic acids is 1. The molecule has 9 nitrogen and oxygen atoms in total. The van der Waals surface area contributed by atoms with Crippen LogP contribution in [0.15, 0.2) is 48.0 Å². The number of unbranched alkanes of at least 4 members (excludes halogenated alkanes) is 2. The third-order valence-electron chi connectivity index (χ3n) is 9.62. The molecule has 2 aromatic carbocycles. The van der Waals surface area contributed by atoms with E-state index in [0.29, 0.717) is 41.2 Å². The van der Waals surface area contributed by atoms with Gasteiger partial charge in [0.1, 0.15) is 5.75 Å². The van der Waals surface area contributed by atoms with Crippen LogP contribution in [0, 0.1) is 17.8 Å². The number of alkyl halides is 3. The summed E-state index contributed by atoms with van der Waals surface area (Å²) >= 11 is 17.8. The molecule has 226 valence electrons. The minimum Gasteiger partial charge on any atom is -0.507 e. The molecule has 2 aliphatic carbocycles. The van der Waals surface area contributed by atoms with E-state index in [4.69, 9.17) is 28.3 Å². The molecule has 2 N–H and O–H groups in total. The highest BCUT2D eigenvalue weighted by Crippen LogP contribution is 2.66. The van der Waals surface area contributed by atoms with E-state index in [2.05, 4.69) is 15.9 Å². The second-order valence-electron chi connectivity index (χ2n) is 11.7. The maximum absolute atomic E-state index is 14.0. The highest BCUT2D eigenvalue weighted by atomic mass is 79.9. The van der Waals surface area contributed by atoms with Crippen molar-refractivity contribution in [2.24, 2.45) is 17.8 Å². The van der Waals surface area contributed by atoms with Crippen LogP contribution in [0.4, 0.5) is 0 Å². The summed E-state index contributed by atoms with van der Waals surface area (Å²) in [5, 5.41) is 20.7. The number of phenols is 1. The predicted molar refractivity (Wildman–Crippen MR) is 162 cm³/mol. The Morgan fingerprint density at radius 2 is 1.65 bits per heavy atom. The molecule has 2 heterocycles. The Hall–Kier alpha value is -2.95. The molecule has 2 saturated heterocycles. The quantitative estimate of drug-likeness (QED) is 0.132. The molecule has 6 rings (SSSR count). The lowest BCUT2D eigenvalue weighted by Crippen LogP contribution is -2.60. The van der Waals surface area contributed by atoms with Crippen molar-refractivity contribution in [3.05, 3.63) is 53.6 Å². The number of allylic oxidation sites excluding steroid dienone is 2. The summed E-state index contributed by atoms with van der Waals surface area (Å²) in [6.07, 6.45) is 3.55. The summed E-state index contributed by atoms with van der Waals surface area (Å²) in [7, 11) is 0. The second kappa shape index (κ2) is 10.9. The number of aromatic hydroxyl groups is 1. The van der Waals surface area contributed by atoms with Crippen molar-refractivity contribution in [3.63, 3.8) is 0 Å². The van der Waals surface area contributed by atoms with Gasteiger partial charge in [-0.25, -0.2) is 0 Å². The number of phenolic OH excluding ortho intramolecular Hbond substituents is 1. The van der Waals surface area contributed by atoms with E-state index in [-0.39, 0.29) is 48.8 Å². The Bertz CT molecular complexity index is 1610. The normalized spacial score (nSPS) is 31.7. The number of likely N-dealkylation sites (tertiary alicyclic amines) is 2. The molecule has 0 bridgehead atoms. The van der Waals surface area contributed by atoms with Gasteiger partial charge in [-0.15, -0.1) is 23.2 Å². The van der Waals surface area contributed by atoms with Gasteiger partial charge in [0.2, 0.25) is 11.8 Å². The third-order valence-corrected chi connectivity index (χ3v) is 11.5. The fraction of sp³-hybridized carbons (Fsp3) is 0.452. The van der Waals surface area contributed by atoms with E-state index < -0.39 is 51.2 Å². The zero-order chi connectivity index (χ0) is 30.8. The van der Waals surface area contributed by atoms with E-state index in [9.17, 15) is 29.1 Å². The number of carbonyl (C=O) groups excluding carboxylic acids is 4. The van der Waals surface area contributed by atoms with E-state index in [0.717, 1.165) is 4.90 Å². The Labute approximate surface area is 265 Å². The Kier molecular flexibility index (Phi) is 7.62. The van der Waals surface area contributed by atoms with Crippen molar-refractivity contribution < 1.29 is 34.2 Å². The molecule has 1 saturated carbocycles. The molecular formula is C31H29BrCl2N2O7. The number of halogens is 3. The minimum atomic E-state index is -1.93. The fourth-order valence-corrected chi connectivity index (χ4v) is 9.08. The predicted octanol–water partition coefficient (Wildman–Crippen LogP) is 4.90. The van der Waals surface area contributed by atoms with Gasteiger partial charge in [-0.05, 0) is 48.6 Å². The van der Waals surface area contributed by atoms with E-state index in [1.807, 2.05) is 6.08 Å². The number of amides is 4. The maximum Gasteiger partial charge on any atom is 0.303 e. The molecule has 2 aliphatic heterocycles. The van der Waals surface area contributed by atoms with E-state index >= 15 is 0 Å². The van der Waals surface area contributed by atoms with Gasteiger partial charge >= 0.3 is 5.97 Å². The molecule has 3 fully saturated rings. The van der Waals surface area contributed by atoms with Crippen LogP contribution in [-0.4, -0.2) is 71.4 Å². The SMILES string of the molecule is O=C(O)CCCCCN1C(=O)C2CC=C3C(CC4(Cl)C(=O)N(CBr)C(=O)C4(Cl)C3c3ccc(O)c4ccccc34)C2C1=O. The number of carboxylic acids is 1. The van der Waals surface area contributed by atoms with Crippen LogP contribution in [0.1, 0.15) is 50.0 Å². The highest BCUT2D eigenvalue weighted by Gasteiger charge is 2.76. The number of nitrogens with zero attached hydrogens (tertiary/aromatic N) is 2. The summed E-state index contributed by atoms with van der Waals surface area (Å²) in [6, 6.07) is 10.3. The molecular weight excluding hydrogens is 663 g/mol. The Morgan fingerprint density at radius 3 is 2.35 bits per heavy atom. The van der Waals surface area contributed by atoms with Crippen LogP contribution < -0.4 is 0 Å². The lowest BCUT2D eigenvalue weighted by atomic mass is 9.56. The number of imide groups is 2. The minimum absolute atomic E-state index is 0.0198. The van der Waals surface area contributed by atoms with Crippen molar-refractivity contribution in [2.45, 2.75) is 54.2 Å². The maximum atomic E-state index is 14.0. The van der Waals surface area contributed by atoms with Crippen LogP contribution in [-0.2, 0) is 24.0 Å². The zero-order valence-corrected chi connectivity index (χ0v) is 26.1. The molecule has 0 spiro atoms. The molecule has 2 aromatic rings. The monoisotopic (exact) mass is 690 g/mol. The number of fused-ring (bicyclic) bond motifs is 5. The van der Waals surface area contributed by atoms with Crippen molar-refractivity contribution >= 4 is 79.5 Å². The molecule has 43 heavy (non-hydrogen) atoms. The van der Waals surface area contributed by atoms with Crippen molar-refractivity contribution in [1.82, 2.24) is 9.80 Å². The van der Waals surface area contributed by atoms with Crippen molar-refractivity contribution in [1.29, 1.82) is 0 Å². The first-order chi connectivity index (χ1) is 20.5. The van der Waals surface area contributed by atoms with Gasteiger partial charge in [0.05, 0.1) is 17.3 Å². The number of carbonyl (C=O) groups is 5. The number of rotatable bonds is 8. The summed E-state index contributed by atoms with van der Waals surface area (Å²) in [5.74, 6) is -5.79. The van der Waals surface area contributed by atoms with Crippen LogP contribution in [0.2, 0.25) is 0 Å². The lowest BCUT2D eigenvalue weighted by molar-refractivity contribution is -0.141. The second-order valence-corrected chi connectivity index (χ2v) is 13.5. The van der Waals surface area contributed by atoms with Crippen molar-refractivity contribution in [3.8, 4) is 5.75 Å². The first-order valence-electron chi connectivity index (χ1n) is 14.2. The van der Waals surface area contributed by atoms with Crippen LogP contribution in [0.5, 0.6) is 5.75 Å². The number of benzene rings is 2. The number of hydrogen-bond acceptors (Lipinski definition) is 6. The van der Waals surface area contributed by atoms with Gasteiger partial charge in [0.15, 0.2) is 9.75 Å². The smallest absolute Gasteiger partial charge is 0.303 e. The summed E-state index contributed by atoms with van der Waals surface area (Å²) < 4.78 is 0. The molecule has 0 aromatic heterocycles. The molecule has 4 aliphatic rings. The molecule has 6 atom stereocenters. The van der Waals surface area contributed by atoms with Crippen LogP contribution in [0.3, 0.4) is 0 Å². The van der Waals surface area contributed by atoms with Crippen LogP contribution >= 0.6 is 39.1 Å². The molecule has 4 amide bonds. The summed E-state index contributed by atoms with van der Waals surface area (Å²) in [4.78, 5) is 64.5. The van der Waals surface area contributed by atoms with Gasteiger partial charge in [0, 0.05) is 24.3 Å². The zero-order valence-electron chi connectivity index (χ0n) is 23.0. The standard InChI is InChI=1S/C31H29BrCl2N2O7/c32-15-36-28(42)30(33)14-21-19(9-10-20-24(21)27(41)35(26(20)40)13-5-1-2-8-23(38)39)25(31(30,34)29(36)43)18-11-12-22(37)17-7-4-3-6-16(17)18/h3-4,6-7,9,11-12,20-21,24-25,37H,1-2,5,8,10,13-15H2,(H,38,39). The van der Waals surface area contributed by atoms with Crippen LogP contribution in [0.25, 0.3) is 10.8 Å². The number of hydrogen-bond donors (Lipinski definition) is 2. The topological polar surface area (TPSA) is 132 Å². The third kappa shape index (κ3) is 4.27. The first-order valence-corrected chi connectivity index (χ1v) is 16.1. The summed E-state index contributed by atoms with van der Waals surface area (Å²) in [5.41, 5.74) is 1.16. The Balaban J connectivity index is 1.45. The van der Waals surface area contributed by atoms with Gasteiger partial charge in [-0.3, -0.25) is 33.8 Å². The largest absolute Gasteiger partial charge is 0.507 e. The summed E-state index contributed by atoms with van der Waals surface area (Å²) in [6.45, 7) is 0.179. The molecule has 12 heteroatoms. The number of carboxylic acid groups (broad SMARTS) is 1. The van der Waals surface area contributed by atoms with Gasteiger partial charge in [-0.2, -0.15) is 0 Å². The average Bonchev–Trinajstić information content (AvgIpc) is 3.31. The fourth-order valence-electron chi connectivity index (χ4n) is 7.67. The Morgan fingerprint density at radius 1 is 0.930 bits per heavy atom. The van der Waals surface area contributed by atoms with Gasteiger partial charge in [0.25, 0.3) is 11.8 Å². The molecule has 0 radical (unpaired) electrons. The van der Waals surface area contributed by atoms with E-state index in [1.54, 1.807) is 30.3 Å². The van der Waals surface area contributed by atoms with E-state index in [1.165, 1.54) is 11.0 Å². The average molecular weight is 692 g/mol. The lowest BCUT2D eigenvalue weighted by Gasteiger charge is -2.51. The van der Waals surface area contributed by atoms with Gasteiger partial charge in [-0.1, -0.05) is 64.3 Å². The molecule has 6 unspecified atom stereocenters. The first kappa shape index (κ1) is 30.1. The van der Waals surface area contributed by atoms with Crippen molar-refractivity contribution in [2.75, 3.05) is 12.0 Å². The highest BCUT2D eigenvalue weighted by molar-refractivity contribution is 9.09.